The summed E-state index contributed by atoms with van der Waals surface area (Å²) in [6, 6.07) is 4.21. The van der Waals surface area contributed by atoms with Crippen LogP contribution in [-0.2, 0) is 10.2 Å². The van der Waals surface area contributed by atoms with Crippen molar-refractivity contribution in [2.75, 3.05) is 33.0 Å². The Labute approximate surface area is 189 Å². The third-order valence-corrected chi connectivity index (χ3v) is 5.13. The molecule has 0 aliphatic carbocycles. The Morgan fingerprint density at radius 3 is 2.26 bits per heavy atom. The van der Waals surface area contributed by atoms with Crippen molar-refractivity contribution in [2.45, 2.75) is 78.7 Å². The molecule has 0 radical (unpaired) electrons. The Morgan fingerprint density at radius 1 is 1.00 bits per heavy atom. The third-order valence-electron chi connectivity index (χ3n) is 5.13. The fourth-order valence-electron chi connectivity index (χ4n) is 3.94. The monoisotopic (exact) mass is 436 g/mol. The Hall–Kier alpha value is -1.56. The van der Waals surface area contributed by atoms with Gasteiger partial charge in [0.15, 0.2) is 11.5 Å². The zero-order valence-corrected chi connectivity index (χ0v) is 20.7. The van der Waals surface area contributed by atoms with Crippen molar-refractivity contribution in [3.05, 3.63) is 35.9 Å². The molecule has 5 heteroatoms. The SMILES string of the molecule is C=CCCC(C)(O)COc1cc(C(C)(C)CC(C)(C)C)cc(C)c1OCCOCCO. The van der Waals surface area contributed by atoms with Gasteiger partial charge in [0.25, 0.3) is 0 Å². The molecule has 0 aliphatic rings. The Morgan fingerprint density at radius 2 is 1.68 bits per heavy atom. The summed E-state index contributed by atoms with van der Waals surface area (Å²) in [5.74, 6) is 1.31. The molecule has 0 heterocycles. The van der Waals surface area contributed by atoms with E-state index in [1.807, 2.05) is 13.0 Å². The molecular weight excluding hydrogens is 392 g/mol. The average molecular weight is 437 g/mol. The smallest absolute Gasteiger partial charge is 0.164 e. The number of hydrogen-bond acceptors (Lipinski definition) is 5. The van der Waals surface area contributed by atoms with Gasteiger partial charge in [-0.25, -0.2) is 0 Å². The van der Waals surface area contributed by atoms with E-state index in [9.17, 15) is 5.11 Å². The molecule has 5 nitrogen and oxygen atoms in total. The van der Waals surface area contributed by atoms with Crippen molar-refractivity contribution in [3.63, 3.8) is 0 Å². The summed E-state index contributed by atoms with van der Waals surface area (Å²) in [5, 5.41) is 19.5. The summed E-state index contributed by atoms with van der Waals surface area (Å²) < 4.78 is 17.4. The summed E-state index contributed by atoms with van der Waals surface area (Å²) in [7, 11) is 0. The topological polar surface area (TPSA) is 68.2 Å². The van der Waals surface area contributed by atoms with Gasteiger partial charge in [0.2, 0.25) is 0 Å². The van der Waals surface area contributed by atoms with Crippen LogP contribution >= 0.6 is 0 Å². The second-order valence-electron chi connectivity index (χ2n) is 10.5. The van der Waals surface area contributed by atoms with Crippen LogP contribution in [0.1, 0.15) is 71.9 Å². The number of rotatable bonds is 14. The second-order valence-corrected chi connectivity index (χ2v) is 10.5. The maximum absolute atomic E-state index is 10.7. The molecule has 1 rings (SSSR count). The first-order valence-corrected chi connectivity index (χ1v) is 11.2. The molecule has 0 spiro atoms. The molecule has 0 aromatic heterocycles. The van der Waals surface area contributed by atoms with E-state index in [1.54, 1.807) is 13.0 Å². The molecule has 31 heavy (non-hydrogen) atoms. The molecule has 2 N–H and O–H groups in total. The third kappa shape index (κ3) is 10.1. The highest BCUT2D eigenvalue weighted by molar-refractivity contribution is 5.50. The normalized spacial score (nSPS) is 14.2. The number of aliphatic hydroxyl groups excluding tert-OH is 1. The predicted molar refractivity (Wildman–Crippen MR) is 127 cm³/mol. The Kier molecular flexibility index (Phi) is 10.5. The zero-order chi connectivity index (χ0) is 23.7. The van der Waals surface area contributed by atoms with Gasteiger partial charge in [0.1, 0.15) is 13.2 Å². The van der Waals surface area contributed by atoms with E-state index in [1.165, 1.54) is 5.56 Å². The fourth-order valence-corrected chi connectivity index (χ4v) is 3.94. The average Bonchev–Trinajstić information content (AvgIpc) is 2.64. The fraction of sp³-hybridized carbons (Fsp3) is 0.692. The first kappa shape index (κ1) is 27.5. The van der Waals surface area contributed by atoms with Crippen LogP contribution in [0.4, 0.5) is 0 Å². The molecular formula is C26H44O5. The standard InChI is InChI=1S/C26H44O5/c1-9-10-11-26(8,28)19-31-22-17-21(25(6,7)18-24(3,4)5)16-20(2)23(22)30-15-14-29-13-12-27/h9,16-17,27-28H,1,10-15,18-19H2,2-8H3. The maximum Gasteiger partial charge on any atom is 0.164 e. The van der Waals surface area contributed by atoms with Crippen LogP contribution in [0.3, 0.4) is 0 Å². The van der Waals surface area contributed by atoms with Gasteiger partial charge in [-0.15, -0.1) is 6.58 Å². The second kappa shape index (κ2) is 11.9. The van der Waals surface area contributed by atoms with Gasteiger partial charge in [0.05, 0.1) is 25.4 Å². The lowest BCUT2D eigenvalue weighted by molar-refractivity contribution is 0.00390. The van der Waals surface area contributed by atoms with Gasteiger partial charge < -0.3 is 24.4 Å². The first-order valence-electron chi connectivity index (χ1n) is 11.2. The molecule has 1 aromatic rings. The highest BCUT2D eigenvalue weighted by Gasteiger charge is 2.29. The maximum atomic E-state index is 10.7. The number of aryl methyl sites for hydroxylation is 1. The number of benzene rings is 1. The van der Waals surface area contributed by atoms with E-state index < -0.39 is 5.60 Å². The van der Waals surface area contributed by atoms with E-state index in [0.29, 0.717) is 31.1 Å². The highest BCUT2D eigenvalue weighted by Crippen LogP contribution is 2.41. The van der Waals surface area contributed by atoms with Gasteiger partial charge in [-0.1, -0.05) is 46.8 Å². The zero-order valence-electron chi connectivity index (χ0n) is 20.7. The quantitative estimate of drug-likeness (QED) is 0.310. The van der Waals surface area contributed by atoms with Crippen molar-refractivity contribution >= 4 is 0 Å². The van der Waals surface area contributed by atoms with Crippen LogP contribution in [0.15, 0.2) is 24.8 Å². The van der Waals surface area contributed by atoms with E-state index in [0.717, 1.165) is 18.4 Å². The number of hydrogen-bond donors (Lipinski definition) is 2. The molecule has 1 unspecified atom stereocenters. The van der Waals surface area contributed by atoms with E-state index in [-0.39, 0.29) is 30.7 Å². The molecule has 178 valence electrons. The van der Waals surface area contributed by atoms with Gasteiger partial charge in [0, 0.05) is 0 Å². The molecule has 0 amide bonds. The van der Waals surface area contributed by atoms with Crippen LogP contribution in [0.2, 0.25) is 0 Å². The van der Waals surface area contributed by atoms with Gasteiger partial charge in [-0.3, -0.25) is 0 Å². The minimum Gasteiger partial charge on any atom is -0.487 e. The summed E-state index contributed by atoms with van der Waals surface area (Å²) in [6.45, 7) is 20.0. The molecule has 0 bridgehead atoms. The number of allylic oxidation sites excluding steroid dienone is 1. The number of aliphatic hydroxyl groups is 2. The van der Waals surface area contributed by atoms with E-state index in [4.69, 9.17) is 19.3 Å². The molecule has 0 saturated heterocycles. The van der Waals surface area contributed by atoms with Gasteiger partial charge in [-0.05, 0) is 61.1 Å². The van der Waals surface area contributed by atoms with Crippen LogP contribution in [0.5, 0.6) is 11.5 Å². The minimum atomic E-state index is -0.958. The van der Waals surface area contributed by atoms with Crippen LogP contribution < -0.4 is 9.47 Å². The molecule has 0 fully saturated rings. The van der Waals surface area contributed by atoms with Crippen molar-refractivity contribution in [3.8, 4) is 11.5 Å². The molecule has 1 atom stereocenters. The van der Waals surface area contributed by atoms with Crippen LogP contribution in [0, 0.1) is 12.3 Å². The molecule has 1 aromatic carbocycles. The van der Waals surface area contributed by atoms with E-state index in [2.05, 4.69) is 47.3 Å². The van der Waals surface area contributed by atoms with Crippen molar-refractivity contribution < 1.29 is 24.4 Å². The summed E-state index contributed by atoms with van der Waals surface area (Å²) in [5.41, 5.74) is 1.36. The number of ether oxygens (including phenoxy) is 3. The van der Waals surface area contributed by atoms with Crippen LogP contribution in [0.25, 0.3) is 0 Å². The molecule has 0 aliphatic heterocycles. The van der Waals surface area contributed by atoms with Crippen molar-refractivity contribution in [2.24, 2.45) is 5.41 Å². The van der Waals surface area contributed by atoms with E-state index >= 15 is 0 Å². The Balaban J connectivity index is 3.16. The minimum absolute atomic E-state index is 0.00919. The summed E-state index contributed by atoms with van der Waals surface area (Å²) >= 11 is 0. The lowest BCUT2D eigenvalue weighted by Gasteiger charge is -2.34. The van der Waals surface area contributed by atoms with Crippen molar-refractivity contribution in [1.82, 2.24) is 0 Å². The lowest BCUT2D eigenvalue weighted by atomic mass is 9.72. The first-order chi connectivity index (χ1) is 14.3. The largest absolute Gasteiger partial charge is 0.487 e. The van der Waals surface area contributed by atoms with Gasteiger partial charge >= 0.3 is 0 Å². The molecule has 0 saturated carbocycles. The lowest BCUT2D eigenvalue weighted by Crippen LogP contribution is -2.32. The summed E-state index contributed by atoms with van der Waals surface area (Å²) in [4.78, 5) is 0. The predicted octanol–water partition coefficient (Wildman–Crippen LogP) is 5.19. The van der Waals surface area contributed by atoms with Gasteiger partial charge in [-0.2, -0.15) is 0 Å². The highest BCUT2D eigenvalue weighted by atomic mass is 16.5. The Bertz CT molecular complexity index is 686. The summed E-state index contributed by atoms with van der Waals surface area (Å²) in [6.07, 6.45) is 4.12. The van der Waals surface area contributed by atoms with Crippen molar-refractivity contribution in [1.29, 1.82) is 0 Å². The van der Waals surface area contributed by atoms with Crippen LogP contribution in [-0.4, -0.2) is 48.8 Å².